The highest BCUT2D eigenvalue weighted by Crippen LogP contribution is 2.33. The molecule has 0 radical (unpaired) electrons. The smallest absolute Gasteiger partial charge is 0.0608 e. The van der Waals surface area contributed by atoms with Crippen LogP contribution >= 0.6 is 15.9 Å². The lowest BCUT2D eigenvalue weighted by atomic mass is 9.94. The highest BCUT2D eigenvalue weighted by molar-refractivity contribution is 9.10. The fraction of sp³-hybridized carbons (Fsp3) is 0.571. The molecule has 0 aliphatic heterocycles. The Morgan fingerprint density at radius 1 is 1.31 bits per heavy atom. The van der Waals surface area contributed by atoms with Crippen LogP contribution in [0.15, 0.2) is 28.7 Å². The first-order valence-corrected chi connectivity index (χ1v) is 6.87. The first kappa shape index (κ1) is 12.1. The number of halogens is 1. The summed E-state index contributed by atoms with van der Waals surface area (Å²) in [5.41, 5.74) is 1.23. The molecule has 88 valence electrons. The average Bonchev–Trinajstić information content (AvgIpc) is 2.68. The lowest BCUT2D eigenvalue weighted by molar-refractivity contribution is 0.109. The summed E-state index contributed by atoms with van der Waals surface area (Å²) >= 11 is 3.42. The standard InChI is InChI=1S/C14H19BrO/c1-10-2-5-12(8-10)14(16)9-11-3-6-13(15)7-4-11/h3-4,6-7,10,12,14,16H,2,5,8-9H2,1H3. The Morgan fingerprint density at radius 3 is 2.56 bits per heavy atom. The molecule has 0 heterocycles. The van der Waals surface area contributed by atoms with Crippen molar-refractivity contribution in [1.29, 1.82) is 0 Å². The predicted octanol–water partition coefficient (Wildman–Crippen LogP) is 3.79. The van der Waals surface area contributed by atoms with Gasteiger partial charge >= 0.3 is 0 Å². The number of hydrogen-bond donors (Lipinski definition) is 1. The van der Waals surface area contributed by atoms with Gasteiger partial charge in [0.1, 0.15) is 0 Å². The van der Waals surface area contributed by atoms with E-state index in [2.05, 4.69) is 35.0 Å². The number of hydrogen-bond acceptors (Lipinski definition) is 1. The molecule has 1 aromatic rings. The van der Waals surface area contributed by atoms with Crippen molar-refractivity contribution in [3.63, 3.8) is 0 Å². The molecule has 1 aliphatic rings. The van der Waals surface area contributed by atoms with Gasteiger partial charge < -0.3 is 5.11 Å². The lowest BCUT2D eigenvalue weighted by Gasteiger charge is -2.18. The van der Waals surface area contributed by atoms with Crippen LogP contribution in [0.1, 0.15) is 31.7 Å². The third-order valence-electron chi connectivity index (χ3n) is 3.64. The van der Waals surface area contributed by atoms with Crippen molar-refractivity contribution in [3.8, 4) is 0 Å². The maximum Gasteiger partial charge on any atom is 0.0608 e. The molecule has 0 bridgehead atoms. The monoisotopic (exact) mass is 282 g/mol. The summed E-state index contributed by atoms with van der Waals surface area (Å²) in [4.78, 5) is 0. The van der Waals surface area contributed by atoms with Crippen molar-refractivity contribution in [2.75, 3.05) is 0 Å². The molecule has 3 unspecified atom stereocenters. The summed E-state index contributed by atoms with van der Waals surface area (Å²) in [6, 6.07) is 8.26. The molecule has 0 saturated heterocycles. The minimum absolute atomic E-state index is 0.161. The van der Waals surface area contributed by atoms with E-state index < -0.39 is 0 Å². The highest BCUT2D eigenvalue weighted by atomic mass is 79.9. The van der Waals surface area contributed by atoms with Crippen LogP contribution in [0.2, 0.25) is 0 Å². The van der Waals surface area contributed by atoms with E-state index in [-0.39, 0.29) is 6.10 Å². The van der Waals surface area contributed by atoms with Gasteiger partial charge in [0.15, 0.2) is 0 Å². The van der Waals surface area contributed by atoms with Gasteiger partial charge in [-0.25, -0.2) is 0 Å². The van der Waals surface area contributed by atoms with E-state index in [0.29, 0.717) is 5.92 Å². The molecule has 0 amide bonds. The maximum absolute atomic E-state index is 10.2. The molecule has 2 heteroatoms. The summed E-state index contributed by atoms with van der Waals surface area (Å²) in [5, 5.41) is 10.2. The summed E-state index contributed by atoms with van der Waals surface area (Å²) in [7, 11) is 0. The van der Waals surface area contributed by atoms with Gasteiger partial charge in [0, 0.05) is 4.47 Å². The summed E-state index contributed by atoms with van der Waals surface area (Å²) < 4.78 is 1.10. The normalized spacial score (nSPS) is 26.9. The van der Waals surface area contributed by atoms with Gasteiger partial charge in [0.05, 0.1) is 6.10 Å². The molecule has 2 rings (SSSR count). The molecular formula is C14H19BrO. The Morgan fingerprint density at radius 2 is 2.00 bits per heavy atom. The fourth-order valence-corrected chi connectivity index (χ4v) is 2.89. The van der Waals surface area contributed by atoms with Gasteiger partial charge in [0.25, 0.3) is 0 Å². The minimum Gasteiger partial charge on any atom is -0.392 e. The second-order valence-electron chi connectivity index (χ2n) is 5.08. The van der Waals surface area contributed by atoms with Crippen LogP contribution in [0, 0.1) is 11.8 Å². The Balaban J connectivity index is 1.91. The molecule has 3 atom stereocenters. The Bertz CT molecular complexity index is 333. The van der Waals surface area contributed by atoms with E-state index >= 15 is 0 Å². The van der Waals surface area contributed by atoms with Crippen LogP contribution in [-0.2, 0) is 6.42 Å². The van der Waals surface area contributed by atoms with Gasteiger partial charge in [-0.2, -0.15) is 0 Å². The summed E-state index contributed by atoms with van der Waals surface area (Å²) in [6.07, 6.45) is 4.30. The zero-order chi connectivity index (χ0) is 11.5. The highest BCUT2D eigenvalue weighted by Gasteiger charge is 2.27. The van der Waals surface area contributed by atoms with Crippen molar-refractivity contribution < 1.29 is 5.11 Å². The quantitative estimate of drug-likeness (QED) is 0.894. The average molecular weight is 283 g/mol. The molecule has 1 nitrogen and oxygen atoms in total. The maximum atomic E-state index is 10.2. The van der Waals surface area contributed by atoms with E-state index in [1.165, 1.54) is 24.8 Å². The van der Waals surface area contributed by atoms with E-state index in [1.54, 1.807) is 0 Å². The molecule has 1 fully saturated rings. The third kappa shape index (κ3) is 3.08. The van der Waals surface area contributed by atoms with Crippen LogP contribution in [0.25, 0.3) is 0 Å². The Hall–Kier alpha value is -0.340. The molecule has 1 aromatic carbocycles. The van der Waals surface area contributed by atoms with E-state index in [0.717, 1.165) is 16.8 Å². The van der Waals surface area contributed by atoms with Gasteiger partial charge in [-0.1, -0.05) is 41.4 Å². The zero-order valence-electron chi connectivity index (χ0n) is 9.70. The SMILES string of the molecule is CC1CCC(C(O)Cc2ccc(Br)cc2)C1. The number of aliphatic hydroxyl groups excluding tert-OH is 1. The van der Waals surface area contributed by atoms with Crippen LogP contribution in [0.3, 0.4) is 0 Å². The van der Waals surface area contributed by atoms with Gasteiger partial charge in [-0.3, -0.25) is 0 Å². The van der Waals surface area contributed by atoms with Crippen LogP contribution in [0.5, 0.6) is 0 Å². The molecule has 1 saturated carbocycles. The van der Waals surface area contributed by atoms with E-state index in [4.69, 9.17) is 0 Å². The first-order chi connectivity index (χ1) is 7.65. The lowest BCUT2D eigenvalue weighted by Crippen LogP contribution is -2.20. The van der Waals surface area contributed by atoms with Crippen LogP contribution in [0.4, 0.5) is 0 Å². The topological polar surface area (TPSA) is 20.2 Å². The van der Waals surface area contributed by atoms with Gasteiger partial charge in [-0.05, 0) is 48.8 Å². The molecule has 16 heavy (non-hydrogen) atoms. The minimum atomic E-state index is -0.161. The summed E-state index contributed by atoms with van der Waals surface area (Å²) in [6.45, 7) is 2.28. The van der Waals surface area contributed by atoms with Crippen LogP contribution < -0.4 is 0 Å². The molecule has 1 aliphatic carbocycles. The van der Waals surface area contributed by atoms with Crippen molar-refractivity contribution in [3.05, 3.63) is 34.3 Å². The Kier molecular flexibility index (Phi) is 4.04. The molecule has 1 N–H and O–H groups in total. The van der Waals surface area contributed by atoms with Gasteiger partial charge in [0.2, 0.25) is 0 Å². The second-order valence-corrected chi connectivity index (χ2v) is 5.99. The van der Waals surface area contributed by atoms with Crippen molar-refractivity contribution in [1.82, 2.24) is 0 Å². The molecule has 0 spiro atoms. The first-order valence-electron chi connectivity index (χ1n) is 6.07. The number of benzene rings is 1. The van der Waals surface area contributed by atoms with Crippen LogP contribution in [-0.4, -0.2) is 11.2 Å². The van der Waals surface area contributed by atoms with Gasteiger partial charge in [-0.15, -0.1) is 0 Å². The van der Waals surface area contributed by atoms with E-state index in [1.807, 2.05) is 12.1 Å². The Labute approximate surface area is 106 Å². The van der Waals surface area contributed by atoms with Crippen molar-refractivity contribution in [2.45, 2.75) is 38.7 Å². The number of aliphatic hydroxyl groups is 1. The molecule has 0 aromatic heterocycles. The largest absolute Gasteiger partial charge is 0.392 e. The fourth-order valence-electron chi connectivity index (χ4n) is 2.63. The summed E-state index contributed by atoms with van der Waals surface area (Å²) in [5.74, 6) is 1.31. The van der Waals surface area contributed by atoms with Crippen molar-refractivity contribution in [2.24, 2.45) is 11.8 Å². The van der Waals surface area contributed by atoms with E-state index in [9.17, 15) is 5.11 Å². The second kappa shape index (κ2) is 5.33. The van der Waals surface area contributed by atoms with Crippen molar-refractivity contribution >= 4 is 15.9 Å². The third-order valence-corrected chi connectivity index (χ3v) is 4.17. The zero-order valence-corrected chi connectivity index (χ0v) is 11.3. The predicted molar refractivity (Wildman–Crippen MR) is 70.4 cm³/mol. The molecular weight excluding hydrogens is 264 g/mol. The number of rotatable bonds is 3.